The van der Waals surface area contributed by atoms with E-state index >= 15 is 0 Å². The van der Waals surface area contributed by atoms with Crippen molar-refractivity contribution in [1.82, 2.24) is 9.78 Å². The minimum absolute atomic E-state index is 0.290. The first kappa shape index (κ1) is 14.3. The average Bonchev–Trinajstić information content (AvgIpc) is 2.74. The Morgan fingerprint density at radius 1 is 1.56 bits per heavy atom. The fraction of sp³-hybridized carbons (Fsp3) is 0.500. The summed E-state index contributed by atoms with van der Waals surface area (Å²) in [4.78, 5) is 11.8. The van der Waals surface area contributed by atoms with E-state index in [4.69, 9.17) is 4.74 Å². The lowest BCUT2D eigenvalue weighted by molar-refractivity contribution is 0.0525. The third-order valence-electron chi connectivity index (χ3n) is 2.48. The highest BCUT2D eigenvalue weighted by Crippen LogP contribution is 2.13. The van der Waals surface area contributed by atoms with Crippen molar-refractivity contribution in [3.8, 4) is 0 Å². The van der Waals surface area contributed by atoms with Gasteiger partial charge in [-0.15, -0.1) is 5.73 Å². The van der Waals surface area contributed by atoms with E-state index in [-0.39, 0.29) is 5.97 Å². The van der Waals surface area contributed by atoms with Crippen LogP contribution in [0, 0.1) is 0 Å². The Morgan fingerprint density at radius 2 is 2.33 bits per heavy atom. The smallest absolute Gasteiger partial charge is 0.341 e. The molecule has 0 N–H and O–H groups in total. The van der Waals surface area contributed by atoms with E-state index < -0.39 is 0 Å². The molecule has 0 aliphatic rings. The quantitative estimate of drug-likeness (QED) is 0.574. The van der Waals surface area contributed by atoms with Gasteiger partial charge in [0.15, 0.2) is 0 Å². The van der Waals surface area contributed by atoms with Crippen LogP contribution in [0.3, 0.4) is 0 Å². The van der Waals surface area contributed by atoms with Crippen LogP contribution in [-0.4, -0.2) is 22.4 Å². The third-order valence-corrected chi connectivity index (χ3v) is 2.48. The van der Waals surface area contributed by atoms with Crippen LogP contribution in [0.25, 0.3) is 0 Å². The molecule has 4 nitrogen and oxygen atoms in total. The first-order chi connectivity index (χ1) is 8.74. The van der Waals surface area contributed by atoms with Crippen molar-refractivity contribution in [2.75, 3.05) is 6.61 Å². The molecular weight excluding hydrogens is 228 g/mol. The van der Waals surface area contributed by atoms with Gasteiger partial charge in [-0.05, 0) is 32.4 Å². The van der Waals surface area contributed by atoms with Crippen LogP contribution in [0.1, 0.15) is 43.2 Å². The van der Waals surface area contributed by atoms with Gasteiger partial charge in [-0.1, -0.05) is 13.3 Å². The predicted octanol–water partition coefficient (Wildman–Crippen LogP) is 2.74. The molecule has 0 aliphatic carbocycles. The second-order valence-corrected chi connectivity index (χ2v) is 3.82. The van der Waals surface area contributed by atoms with Gasteiger partial charge in [-0.2, -0.15) is 5.10 Å². The second-order valence-electron chi connectivity index (χ2n) is 3.82. The van der Waals surface area contributed by atoms with Crippen LogP contribution in [-0.2, 0) is 17.7 Å². The molecule has 0 unspecified atom stereocenters. The lowest BCUT2D eigenvalue weighted by Crippen LogP contribution is -2.10. The molecule has 1 aromatic heterocycles. The molecule has 0 fully saturated rings. The fourth-order valence-electron chi connectivity index (χ4n) is 1.70. The number of ether oxygens (including phenoxy) is 1. The Morgan fingerprint density at radius 3 is 2.94 bits per heavy atom. The Bertz CT molecular complexity index is 454. The summed E-state index contributed by atoms with van der Waals surface area (Å²) in [7, 11) is 0. The number of hydrogen-bond donors (Lipinski definition) is 0. The summed E-state index contributed by atoms with van der Waals surface area (Å²) in [5.74, 6) is -0.290. The van der Waals surface area contributed by atoms with Crippen LogP contribution < -0.4 is 0 Å². The predicted molar refractivity (Wildman–Crippen MR) is 70.5 cm³/mol. The van der Waals surface area contributed by atoms with E-state index in [1.807, 2.05) is 23.8 Å². The van der Waals surface area contributed by atoms with Crippen molar-refractivity contribution in [3.05, 3.63) is 35.3 Å². The van der Waals surface area contributed by atoms with Gasteiger partial charge in [0.25, 0.3) is 0 Å². The molecule has 0 aromatic carbocycles. The molecule has 4 heteroatoms. The molecule has 0 aliphatic heterocycles. The van der Waals surface area contributed by atoms with Crippen LogP contribution in [0.5, 0.6) is 0 Å². The van der Waals surface area contributed by atoms with Gasteiger partial charge in [0, 0.05) is 0 Å². The minimum atomic E-state index is -0.290. The maximum atomic E-state index is 11.8. The molecule has 0 amide bonds. The molecule has 0 radical (unpaired) electrons. The Labute approximate surface area is 108 Å². The molecule has 1 rings (SSSR count). The normalized spacial score (nSPS) is 9.72. The van der Waals surface area contributed by atoms with Crippen molar-refractivity contribution in [3.63, 3.8) is 0 Å². The summed E-state index contributed by atoms with van der Waals surface area (Å²) in [6.07, 6.45) is 7.10. The van der Waals surface area contributed by atoms with E-state index in [1.54, 1.807) is 13.1 Å². The van der Waals surface area contributed by atoms with Crippen molar-refractivity contribution < 1.29 is 9.53 Å². The largest absolute Gasteiger partial charge is 0.462 e. The molecule has 0 bridgehead atoms. The molecule has 1 aromatic rings. The first-order valence-electron chi connectivity index (χ1n) is 6.31. The van der Waals surface area contributed by atoms with Crippen molar-refractivity contribution in [2.24, 2.45) is 0 Å². The topological polar surface area (TPSA) is 44.1 Å². The first-order valence-corrected chi connectivity index (χ1v) is 6.31. The summed E-state index contributed by atoms with van der Waals surface area (Å²) >= 11 is 0. The Hall–Kier alpha value is -1.80. The molecule has 1 heterocycles. The molecule has 0 saturated heterocycles. The number of carbonyl (C=O) groups is 1. The summed E-state index contributed by atoms with van der Waals surface area (Å²) in [6, 6.07) is 0. The van der Waals surface area contributed by atoms with E-state index in [0.29, 0.717) is 18.7 Å². The van der Waals surface area contributed by atoms with Gasteiger partial charge in [0.05, 0.1) is 25.0 Å². The molecule has 0 spiro atoms. The summed E-state index contributed by atoms with van der Waals surface area (Å²) in [5.41, 5.74) is 4.51. The highest BCUT2D eigenvalue weighted by molar-refractivity contribution is 5.90. The van der Waals surface area contributed by atoms with E-state index in [0.717, 1.165) is 18.5 Å². The number of esters is 1. The standard InChI is InChI=1S/C14H20N2O2/c1-4-7-8-10-16-13(9-5-2)12(11-15-16)14(17)18-6-3/h4,8,11H,5-6,9-10H2,1-3H3. The Kier molecular flexibility index (Phi) is 5.95. The zero-order valence-electron chi connectivity index (χ0n) is 11.3. The summed E-state index contributed by atoms with van der Waals surface area (Å²) < 4.78 is 6.86. The van der Waals surface area contributed by atoms with E-state index in [1.165, 1.54) is 0 Å². The minimum Gasteiger partial charge on any atom is -0.462 e. The third kappa shape index (κ3) is 3.60. The maximum Gasteiger partial charge on any atom is 0.341 e. The van der Waals surface area contributed by atoms with Gasteiger partial charge in [-0.3, -0.25) is 4.68 Å². The highest BCUT2D eigenvalue weighted by Gasteiger charge is 2.17. The monoisotopic (exact) mass is 248 g/mol. The lowest BCUT2D eigenvalue weighted by atomic mass is 10.1. The second kappa shape index (κ2) is 7.51. The van der Waals surface area contributed by atoms with Gasteiger partial charge >= 0.3 is 5.97 Å². The zero-order valence-corrected chi connectivity index (χ0v) is 11.3. The van der Waals surface area contributed by atoms with Crippen LogP contribution in [0.15, 0.2) is 24.1 Å². The van der Waals surface area contributed by atoms with Crippen LogP contribution in [0.4, 0.5) is 0 Å². The van der Waals surface area contributed by atoms with E-state index in [9.17, 15) is 4.79 Å². The van der Waals surface area contributed by atoms with E-state index in [2.05, 4.69) is 17.8 Å². The average molecular weight is 248 g/mol. The van der Waals surface area contributed by atoms with Gasteiger partial charge in [0.1, 0.15) is 5.56 Å². The van der Waals surface area contributed by atoms with Crippen LogP contribution in [0.2, 0.25) is 0 Å². The van der Waals surface area contributed by atoms with Gasteiger partial charge in [-0.25, -0.2) is 4.79 Å². The number of nitrogens with zero attached hydrogens (tertiary/aromatic N) is 2. The number of allylic oxidation sites excluding steroid dienone is 1. The van der Waals surface area contributed by atoms with Gasteiger partial charge < -0.3 is 4.74 Å². The number of rotatable bonds is 6. The number of hydrogen-bond acceptors (Lipinski definition) is 3. The summed E-state index contributed by atoms with van der Waals surface area (Å²) in [6.45, 7) is 6.80. The SMILES string of the molecule is CC=C=CCn1ncc(C(=O)OCC)c1CCC. The Balaban J connectivity index is 2.98. The highest BCUT2D eigenvalue weighted by atomic mass is 16.5. The lowest BCUT2D eigenvalue weighted by Gasteiger charge is -2.06. The zero-order chi connectivity index (χ0) is 13.4. The van der Waals surface area contributed by atoms with Crippen LogP contribution >= 0.6 is 0 Å². The van der Waals surface area contributed by atoms with Crippen molar-refractivity contribution in [2.45, 2.75) is 40.2 Å². The molecule has 98 valence electrons. The molecule has 0 atom stereocenters. The van der Waals surface area contributed by atoms with Crippen molar-refractivity contribution >= 4 is 5.97 Å². The van der Waals surface area contributed by atoms with Gasteiger partial charge in [0.2, 0.25) is 0 Å². The van der Waals surface area contributed by atoms with Crippen molar-refractivity contribution in [1.29, 1.82) is 0 Å². The number of carbonyl (C=O) groups excluding carboxylic acids is 1. The maximum absolute atomic E-state index is 11.8. The molecule has 0 saturated carbocycles. The summed E-state index contributed by atoms with van der Waals surface area (Å²) in [5, 5.41) is 4.24. The number of aromatic nitrogens is 2. The molecule has 18 heavy (non-hydrogen) atoms. The fourth-order valence-corrected chi connectivity index (χ4v) is 1.70. The molecular formula is C14H20N2O2.